The van der Waals surface area contributed by atoms with Crippen molar-refractivity contribution in [2.75, 3.05) is 6.16 Å². The molecule has 0 saturated heterocycles. The second kappa shape index (κ2) is 7.76. The summed E-state index contributed by atoms with van der Waals surface area (Å²) in [6.07, 6.45) is 8.84. The quantitative estimate of drug-likeness (QED) is 0.495. The standard InChI is InChI=1S/C15H23O2P/c1-2-3-4-5-6-9-12-18-16-13-14-10-7-8-11-15(14)17-18/h7-8,10-11H,2-6,9,12-13H2,1H3/i7T. The molecule has 2 nitrogen and oxygen atoms in total. The van der Waals surface area contributed by atoms with Crippen LogP contribution in [-0.2, 0) is 11.1 Å². The van der Waals surface area contributed by atoms with Crippen LogP contribution in [0, 0.1) is 0 Å². The van der Waals surface area contributed by atoms with Crippen molar-refractivity contribution in [1.82, 2.24) is 0 Å². The maximum absolute atomic E-state index is 7.57. The van der Waals surface area contributed by atoms with E-state index in [1.54, 1.807) is 6.07 Å². The Morgan fingerprint density at radius 2 is 2.06 bits per heavy atom. The molecule has 2 rings (SSSR count). The number of hydrogen-bond donors (Lipinski definition) is 0. The summed E-state index contributed by atoms with van der Waals surface area (Å²) in [7, 11) is -0.754. The van der Waals surface area contributed by atoms with E-state index in [-0.39, 0.29) is 0 Å². The van der Waals surface area contributed by atoms with Crippen molar-refractivity contribution in [1.29, 1.82) is 0 Å². The van der Waals surface area contributed by atoms with E-state index in [4.69, 9.17) is 10.4 Å². The molecule has 0 spiro atoms. The molecule has 1 aliphatic heterocycles. The Labute approximate surface area is 113 Å². The first-order valence-electron chi connectivity index (χ1n) is 7.47. The van der Waals surface area contributed by atoms with Crippen LogP contribution < -0.4 is 4.52 Å². The van der Waals surface area contributed by atoms with Crippen molar-refractivity contribution in [3.05, 3.63) is 29.8 Å². The van der Waals surface area contributed by atoms with Crippen LogP contribution in [0.25, 0.3) is 0 Å². The van der Waals surface area contributed by atoms with Gasteiger partial charge in [-0.1, -0.05) is 57.2 Å². The first-order chi connectivity index (χ1) is 9.29. The van der Waals surface area contributed by atoms with Crippen molar-refractivity contribution >= 4 is 8.38 Å². The highest BCUT2D eigenvalue weighted by molar-refractivity contribution is 7.47. The Kier molecular flexibility index (Phi) is 5.36. The summed E-state index contributed by atoms with van der Waals surface area (Å²) in [5.41, 5.74) is 1.01. The molecule has 1 aliphatic rings. The van der Waals surface area contributed by atoms with Crippen LogP contribution in [0.5, 0.6) is 5.75 Å². The molecule has 3 heteroatoms. The van der Waals surface area contributed by atoms with Crippen LogP contribution >= 0.6 is 8.38 Å². The van der Waals surface area contributed by atoms with Crippen molar-refractivity contribution in [3.8, 4) is 5.75 Å². The Morgan fingerprint density at radius 1 is 1.22 bits per heavy atom. The van der Waals surface area contributed by atoms with Crippen molar-refractivity contribution < 1.29 is 10.4 Å². The van der Waals surface area contributed by atoms with Crippen molar-refractivity contribution in [3.63, 3.8) is 0 Å². The zero-order chi connectivity index (χ0) is 13.5. The number of hydrogen-bond acceptors (Lipinski definition) is 2. The third-order valence-corrected chi connectivity index (χ3v) is 4.66. The van der Waals surface area contributed by atoms with E-state index >= 15 is 0 Å². The molecule has 1 aromatic rings. The van der Waals surface area contributed by atoms with E-state index in [2.05, 4.69) is 6.92 Å². The predicted octanol–water partition coefficient (Wildman–Crippen LogP) is 5.27. The molecule has 0 fully saturated rings. The number of unbranched alkanes of at least 4 members (excludes halogenated alkanes) is 5. The lowest BCUT2D eigenvalue weighted by Gasteiger charge is -2.24. The minimum Gasteiger partial charge on any atom is -0.447 e. The number of rotatable bonds is 7. The van der Waals surface area contributed by atoms with Gasteiger partial charge < -0.3 is 9.05 Å². The predicted molar refractivity (Wildman–Crippen MR) is 77.0 cm³/mol. The Hall–Kier alpha value is -0.590. The minimum atomic E-state index is -0.754. The smallest absolute Gasteiger partial charge is 0.230 e. The molecule has 0 amide bonds. The Bertz CT molecular complexity index is 398. The van der Waals surface area contributed by atoms with Crippen molar-refractivity contribution in [2.24, 2.45) is 0 Å². The van der Waals surface area contributed by atoms with Gasteiger partial charge in [-0.05, 0) is 12.5 Å². The first-order valence-corrected chi connectivity index (χ1v) is 8.34. The number of para-hydroxylation sites is 1. The fourth-order valence-corrected chi connectivity index (χ4v) is 3.50. The average Bonchev–Trinajstić information content (AvgIpc) is 2.43. The van der Waals surface area contributed by atoms with E-state index in [1.807, 2.05) is 12.1 Å². The Balaban J connectivity index is 1.69. The molecule has 1 atom stereocenters. The highest BCUT2D eigenvalue weighted by Gasteiger charge is 2.20. The van der Waals surface area contributed by atoms with Crippen LogP contribution in [0.3, 0.4) is 0 Å². The van der Waals surface area contributed by atoms with Gasteiger partial charge in [-0.3, -0.25) is 0 Å². The molecule has 0 N–H and O–H groups in total. The van der Waals surface area contributed by atoms with Crippen LogP contribution in [0.4, 0.5) is 0 Å². The molecule has 18 heavy (non-hydrogen) atoms. The van der Waals surface area contributed by atoms with E-state index in [9.17, 15) is 0 Å². The molecular weight excluding hydrogens is 243 g/mol. The lowest BCUT2D eigenvalue weighted by atomic mass is 10.1. The molecule has 0 radical (unpaired) electrons. The van der Waals surface area contributed by atoms with E-state index in [0.717, 1.165) is 17.5 Å². The molecule has 100 valence electrons. The van der Waals surface area contributed by atoms with E-state index < -0.39 is 8.38 Å². The van der Waals surface area contributed by atoms with Gasteiger partial charge >= 0.3 is 0 Å². The van der Waals surface area contributed by atoms with Crippen LogP contribution in [0.15, 0.2) is 24.2 Å². The van der Waals surface area contributed by atoms with Gasteiger partial charge in [0.2, 0.25) is 8.38 Å². The summed E-state index contributed by atoms with van der Waals surface area (Å²) < 4.78 is 19.2. The van der Waals surface area contributed by atoms with Gasteiger partial charge in [-0.25, -0.2) is 0 Å². The lowest BCUT2D eigenvalue weighted by Crippen LogP contribution is -2.05. The zero-order valence-corrected chi connectivity index (χ0v) is 12.0. The fourth-order valence-electron chi connectivity index (χ4n) is 2.06. The molecule has 1 aromatic carbocycles. The van der Waals surface area contributed by atoms with Crippen LogP contribution in [0.2, 0.25) is 0 Å². The van der Waals surface area contributed by atoms with Gasteiger partial charge in [0.1, 0.15) is 5.75 Å². The van der Waals surface area contributed by atoms with Gasteiger partial charge in [0.25, 0.3) is 0 Å². The van der Waals surface area contributed by atoms with Gasteiger partial charge in [0, 0.05) is 11.7 Å². The minimum absolute atomic E-state index is 0.521. The molecule has 1 unspecified atom stereocenters. The summed E-state index contributed by atoms with van der Waals surface area (Å²) in [5.74, 6) is 0.916. The van der Waals surface area contributed by atoms with E-state index in [0.29, 0.717) is 12.6 Å². The number of benzene rings is 1. The van der Waals surface area contributed by atoms with Crippen LogP contribution in [0.1, 0.15) is 52.4 Å². The largest absolute Gasteiger partial charge is 0.447 e. The summed E-state index contributed by atoms with van der Waals surface area (Å²) in [6.45, 7) is 2.84. The van der Waals surface area contributed by atoms with Crippen molar-refractivity contribution in [2.45, 2.75) is 52.1 Å². The molecule has 0 aromatic heterocycles. The third-order valence-electron chi connectivity index (χ3n) is 3.16. The number of fused-ring (bicyclic) bond motifs is 1. The lowest BCUT2D eigenvalue weighted by molar-refractivity contribution is 0.276. The van der Waals surface area contributed by atoms with Gasteiger partial charge in [0.05, 0.1) is 7.98 Å². The van der Waals surface area contributed by atoms with Crippen LogP contribution in [-0.4, -0.2) is 6.16 Å². The van der Waals surface area contributed by atoms with Gasteiger partial charge in [-0.15, -0.1) is 0 Å². The summed E-state index contributed by atoms with van der Waals surface area (Å²) >= 11 is 0. The van der Waals surface area contributed by atoms with Gasteiger partial charge in [0.15, 0.2) is 0 Å². The zero-order valence-electron chi connectivity index (χ0n) is 12.2. The molecule has 0 aliphatic carbocycles. The fraction of sp³-hybridized carbons (Fsp3) is 0.600. The summed E-state index contributed by atoms with van der Waals surface area (Å²) in [6, 6.07) is 6.03. The second-order valence-corrected chi connectivity index (χ2v) is 6.28. The highest BCUT2D eigenvalue weighted by Crippen LogP contribution is 2.46. The third kappa shape index (κ3) is 4.26. The normalized spacial score (nSPS) is 18.9. The SMILES string of the molecule is [3H]c1ccc2c(c1)COP(CCCCCCCC)O2. The second-order valence-electron chi connectivity index (χ2n) is 4.72. The monoisotopic (exact) mass is 268 g/mol. The van der Waals surface area contributed by atoms with E-state index in [1.165, 1.54) is 38.5 Å². The maximum Gasteiger partial charge on any atom is 0.230 e. The average molecular weight is 268 g/mol. The molecule has 1 heterocycles. The van der Waals surface area contributed by atoms with Gasteiger partial charge in [-0.2, -0.15) is 0 Å². The Morgan fingerprint density at radius 3 is 2.94 bits per heavy atom. The molecule has 0 saturated carbocycles. The maximum atomic E-state index is 7.57. The molecular formula is C15H23O2P. The highest BCUT2D eigenvalue weighted by atomic mass is 31.2. The topological polar surface area (TPSA) is 18.5 Å². The summed E-state index contributed by atoms with van der Waals surface area (Å²) in [4.78, 5) is 0. The summed E-state index contributed by atoms with van der Waals surface area (Å²) in [5, 5.41) is 0. The molecule has 0 bridgehead atoms. The first kappa shape index (κ1) is 12.4.